The van der Waals surface area contributed by atoms with E-state index in [1.807, 2.05) is 84.9 Å². The van der Waals surface area contributed by atoms with Crippen LogP contribution >= 0.6 is 0 Å². The minimum atomic E-state index is -0.384. The summed E-state index contributed by atoms with van der Waals surface area (Å²) in [5, 5.41) is 0. The Balaban J connectivity index is 1.50. The van der Waals surface area contributed by atoms with Crippen LogP contribution in [-0.2, 0) is 9.47 Å². The van der Waals surface area contributed by atoms with Crippen LogP contribution < -0.4 is 0 Å². The molecule has 0 N–H and O–H groups in total. The Morgan fingerprint density at radius 3 is 1.02 bits per heavy atom. The summed E-state index contributed by atoms with van der Waals surface area (Å²) in [5.74, 6) is 12.5. The highest BCUT2D eigenvalue weighted by molar-refractivity contribution is 5.91. The summed E-state index contributed by atoms with van der Waals surface area (Å²) in [5.41, 5.74) is 10.2. The van der Waals surface area contributed by atoms with Crippen LogP contribution in [0.3, 0.4) is 0 Å². The second kappa shape index (κ2) is 14.6. The summed E-state index contributed by atoms with van der Waals surface area (Å²) >= 11 is 0. The van der Waals surface area contributed by atoms with Crippen LogP contribution in [0.25, 0.3) is 33.4 Å². The number of esters is 2. The van der Waals surface area contributed by atoms with E-state index >= 15 is 0 Å². The summed E-state index contributed by atoms with van der Waals surface area (Å²) in [6.07, 6.45) is 0. The van der Waals surface area contributed by atoms with Gasteiger partial charge in [-0.3, -0.25) is 0 Å². The van der Waals surface area contributed by atoms with Gasteiger partial charge in [-0.15, -0.1) is 0 Å². The molecule has 48 heavy (non-hydrogen) atoms. The molecule has 0 heterocycles. The van der Waals surface area contributed by atoms with Crippen molar-refractivity contribution in [2.24, 2.45) is 0 Å². The van der Waals surface area contributed by atoms with Gasteiger partial charge in [0.15, 0.2) is 0 Å². The van der Waals surface area contributed by atoms with Gasteiger partial charge in [0.2, 0.25) is 0 Å². The van der Waals surface area contributed by atoms with Gasteiger partial charge in [-0.05, 0) is 118 Å². The topological polar surface area (TPSA) is 52.6 Å². The summed E-state index contributed by atoms with van der Waals surface area (Å²) in [7, 11) is 2.75. The van der Waals surface area contributed by atoms with Crippen LogP contribution in [0.5, 0.6) is 0 Å². The Morgan fingerprint density at radius 1 is 0.375 bits per heavy atom. The third-order valence-corrected chi connectivity index (χ3v) is 7.73. The first-order valence-electron chi connectivity index (χ1n) is 15.3. The quantitative estimate of drug-likeness (QED) is 0.142. The monoisotopic (exact) mass is 622 g/mol. The zero-order valence-corrected chi connectivity index (χ0v) is 26.5. The van der Waals surface area contributed by atoms with E-state index in [0.717, 1.165) is 55.6 Å². The Labute approximate surface area is 280 Å². The van der Waals surface area contributed by atoms with E-state index in [1.165, 1.54) is 14.2 Å². The highest BCUT2D eigenvalue weighted by atomic mass is 16.5. The lowest BCUT2D eigenvalue weighted by molar-refractivity contribution is 0.0592. The first kappa shape index (κ1) is 31.4. The average Bonchev–Trinajstić information content (AvgIpc) is 3.16. The van der Waals surface area contributed by atoms with Crippen molar-refractivity contribution in [1.29, 1.82) is 0 Å². The molecule has 0 aromatic heterocycles. The number of rotatable bonds is 5. The first-order valence-corrected chi connectivity index (χ1v) is 15.3. The largest absolute Gasteiger partial charge is 0.465 e. The average molecular weight is 623 g/mol. The molecule has 0 radical (unpaired) electrons. The first-order chi connectivity index (χ1) is 23.5. The number of hydrogen-bond acceptors (Lipinski definition) is 4. The Morgan fingerprint density at radius 2 is 0.688 bits per heavy atom. The molecule has 6 aromatic carbocycles. The summed E-state index contributed by atoms with van der Waals surface area (Å²) in [6, 6.07) is 46.9. The van der Waals surface area contributed by atoms with Crippen molar-refractivity contribution < 1.29 is 19.1 Å². The van der Waals surface area contributed by atoms with E-state index in [-0.39, 0.29) is 11.9 Å². The lowest BCUT2D eigenvalue weighted by atomic mass is 9.92. The third-order valence-electron chi connectivity index (χ3n) is 7.73. The van der Waals surface area contributed by atoms with Crippen molar-refractivity contribution in [3.63, 3.8) is 0 Å². The molecule has 0 amide bonds. The van der Waals surface area contributed by atoms with Crippen molar-refractivity contribution in [2.45, 2.75) is 0 Å². The lowest BCUT2D eigenvalue weighted by Crippen LogP contribution is -2.00. The summed E-state index contributed by atoms with van der Waals surface area (Å²) < 4.78 is 9.78. The van der Waals surface area contributed by atoms with E-state index in [1.54, 1.807) is 24.3 Å². The van der Waals surface area contributed by atoms with Gasteiger partial charge in [-0.1, -0.05) is 84.3 Å². The molecular weight excluding hydrogens is 592 g/mol. The normalized spacial score (nSPS) is 10.1. The Hall–Kier alpha value is -6.62. The number of methoxy groups -OCH3 is 2. The summed E-state index contributed by atoms with van der Waals surface area (Å²) in [4.78, 5) is 24.2. The van der Waals surface area contributed by atoms with Gasteiger partial charge in [0, 0.05) is 22.3 Å². The second-order valence-electron chi connectivity index (χ2n) is 11.0. The highest BCUT2D eigenvalue weighted by Gasteiger charge is 2.11. The third kappa shape index (κ3) is 7.60. The second-order valence-corrected chi connectivity index (χ2v) is 11.0. The minimum Gasteiger partial charge on any atom is -0.465 e. The number of carbonyl (C=O) groups excluding carboxylic acids is 2. The molecule has 0 fully saturated rings. The molecule has 4 heteroatoms. The predicted molar refractivity (Wildman–Crippen MR) is 190 cm³/mol. The van der Waals surface area contributed by atoms with E-state index in [0.29, 0.717) is 11.1 Å². The molecule has 0 aliphatic heterocycles. The molecular formula is C44H30O4. The predicted octanol–water partition coefficient (Wildman–Crippen LogP) is 9.06. The molecule has 0 atom stereocenters. The van der Waals surface area contributed by atoms with Gasteiger partial charge >= 0.3 is 11.9 Å². The molecule has 0 unspecified atom stereocenters. The zero-order valence-electron chi connectivity index (χ0n) is 26.5. The number of carbonyl (C=O) groups is 2. The number of benzene rings is 6. The van der Waals surface area contributed by atoms with Crippen LogP contribution in [0.1, 0.15) is 43.0 Å². The van der Waals surface area contributed by atoms with Gasteiger partial charge in [0.25, 0.3) is 0 Å². The molecule has 0 saturated heterocycles. The maximum absolute atomic E-state index is 12.1. The van der Waals surface area contributed by atoms with Crippen molar-refractivity contribution in [1.82, 2.24) is 0 Å². The van der Waals surface area contributed by atoms with E-state index in [4.69, 9.17) is 9.47 Å². The van der Waals surface area contributed by atoms with Crippen molar-refractivity contribution >= 4 is 11.9 Å². The Bertz CT molecular complexity index is 2050. The SMILES string of the molecule is COC(=O)c1ccc(-c2cc(C#Cc3ccccc3)cc(-c3cc(C#Cc4ccccc4)cc(-c4ccc(C(=O)OC)cc4)c3)c2)cc1. The standard InChI is InChI=1S/C44H30O4/c1-47-43(45)37-21-17-35(18-22-37)39-25-33(15-13-31-9-5-3-6-10-31)27-41(29-39)42-28-34(16-14-32-11-7-4-8-12-32)26-40(30-42)36-19-23-38(24-20-36)44(46)48-2/h3-12,17-30H,1-2H3. The molecule has 0 aliphatic carbocycles. The fourth-order valence-corrected chi connectivity index (χ4v) is 5.23. The number of ether oxygens (including phenoxy) is 2. The molecule has 6 aromatic rings. The van der Waals surface area contributed by atoms with E-state index in [9.17, 15) is 9.59 Å². The highest BCUT2D eigenvalue weighted by Crippen LogP contribution is 2.33. The molecule has 4 nitrogen and oxygen atoms in total. The number of hydrogen-bond donors (Lipinski definition) is 0. The minimum absolute atomic E-state index is 0.384. The fraction of sp³-hybridized carbons (Fsp3) is 0.0455. The maximum atomic E-state index is 12.1. The molecule has 230 valence electrons. The van der Waals surface area contributed by atoms with E-state index in [2.05, 4.69) is 60.1 Å². The molecule has 0 aliphatic rings. The van der Waals surface area contributed by atoms with Gasteiger partial charge < -0.3 is 9.47 Å². The summed E-state index contributed by atoms with van der Waals surface area (Å²) in [6.45, 7) is 0. The van der Waals surface area contributed by atoms with E-state index < -0.39 is 0 Å². The molecule has 0 saturated carbocycles. The maximum Gasteiger partial charge on any atom is 0.337 e. The van der Waals surface area contributed by atoms with Crippen LogP contribution in [0.4, 0.5) is 0 Å². The smallest absolute Gasteiger partial charge is 0.337 e. The van der Waals surface area contributed by atoms with Gasteiger partial charge in [-0.2, -0.15) is 0 Å². The van der Waals surface area contributed by atoms with Gasteiger partial charge in [-0.25, -0.2) is 9.59 Å². The van der Waals surface area contributed by atoms with Crippen LogP contribution in [0.15, 0.2) is 146 Å². The molecule has 0 spiro atoms. The van der Waals surface area contributed by atoms with Crippen LogP contribution in [0.2, 0.25) is 0 Å². The van der Waals surface area contributed by atoms with Crippen molar-refractivity contribution in [2.75, 3.05) is 14.2 Å². The van der Waals surface area contributed by atoms with Crippen molar-refractivity contribution in [3.05, 3.63) is 179 Å². The van der Waals surface area contributed by atoms with Crippen LogP contribution in [-0.4, -0.2) is 26.2 Å². The Kier molecular flexibility index (Phi) is 9.57. The lowest BCUT2D eigenvalue weighted by Gasteiger charge is -2.12. The van der Waals surface area contributed by atoms with Crippen LogP contribution in [0, 0.1) is 23.7 Å². The van der Waals surface area contributed by atoms with Crippen molar-refractivity contribution in [3.8, 4) is 57.1 Å². The molecule has 6 rings (SSSR count). The fourth-order valence-electron chi connectivity index (χ4n) is 5.23. The van der Waals surface area contributed by atoms with Gasteiger partial charge in [0.1, 0.15) is 0 Å². The zero-order chi connectivity index (χ0) is 33.3. The van der Waals surface area contributed by atoms with Gasteiger partial charge in [0.05, 0.1) is 25.3 Å². The molecule has 0 bridgehead atoms.